The minimum absolute atomic E-state index is 0.114. The quantitative estimate of drug-likeness (QED) is 0.726. The summed E-state index contributed by atoms with van der Waals surface area (Å²) in [4.78, 5) is 18.4. The number of rotatable bonds is 2. The number of anilines is 3. The number of carbonyl (C=O) groups excluding carboxylic acids is 1. The number of H-pyrrole nitrogens is 1. The Kier molecular flexibility index (Phi) is 4.08. The van der Waals surface area contributed by atoms with Crippen molar-refractivity contribution in [3.63, 3.8) is 0 Å². The Morgan fingerprint density at radius 3 is 2.72 bits per heavy atom. The summed E-state index contributed by atoms with van der Waals surface area (Å²) >= 11 is 0. The summed E-state index contributed by atoms with van der Waals surface area (Å²) in [6, 6.07) is 6.53. The standard InChI is InChI=1S/C21H25N7O/c1-14(29)27-7-6-18-17(13-27)21(24-23-18)28-9-8-25(2)20-10-15(4-5-19(20)28)16-11-22-26(3)12-16/h4-5,10-12H,6-9,13H2,1-3H3,(H,23,24). The van der Waals surface area contributed by atoms with Crippen molar-refractivity contribution in [1.82, 2.24) is 24.9 Å². The highest BCUT2D eigenvalue weighted by molar-refractivity contribution is 5.84. The van der Waals surface area contributed by atoms with Gasteiger partial charge in [-0.15, -0.1) is 0 Å². The molecule has 2 aliphatic rings. The third-order valence-corrected chi connectivity index (χ3v) is 5.99. The molecule has 0 saturated carbocycles. The number of hydrogen-bond acceptors (Lipinski definition) is 5. The molecule has 2 aromatic heterocycles. The van der Waals surface area contributed by atoms with Crippen molar-refractivity contribution in [2.45, 2.75) is 19.9 Å². The van der Waals surface area contributed by atoms with Gasteiger partial charge < -0.3 is 14.7 Å². The number of carbonyl (C=O) groups is 1. The summed E-state index contributed by atoms with van der Waals surface area (Å²) in [6.07, 6.45) is 4.74. The third kappa shape index (κ3) is 2.95. The van der Waals surface area contributed by atoms with Gasteiger partial charge in [-0.1, -0.05) is 6.07 Å². The van der Waals surface area contributed by atoms with E-state index in [2.05, 4.69) is 50.3 Å². The average molecular weight is 391 g/mol. The van der Waals surface area contributed by atoms with Crippen LogP contribution in [0.25, 0.3) is 11.1 Å². The van der Waals surface area contributed by atoms with E-state index in [-0.39, 0.29) is 5.91 Å². The van der Waals surface area contributed by atoms with Crippen LogP contribution >= 0.6 is 0 Å². The molecule has 4 heterocycles. The van der Waals surface area contributed by atoms with Crippen LogP contribution in [0, 0.1) is 0 Å². The zero-order valence-electron chi connectivity index (χ0n) is 17.0. The Labute approximate surface area is 169 Å². The molecule has 1 aromatic carbocycles. The molecule has 29 heavy (non-hydrogen) atoms. The van der Waals surface area contributed by atoms with E-state index in [9.17, 15) is 4.79 Å². The van der Waals surface area contributed by atoms with Crippen LogP contribution in [-0.2, 0) is 24.8 Å². The van der Waals surface area contributed by atoms with Crippen LogP contribution in [0.2, 0.25) is 0 Å². The maximum Gasteiger partial charge on any atom is 0.219 e. The van der Waals surface area contributed by atoms with Crippen LogP contribution in [0.4, 0.5) is 17.2 Å². The van der Waals surface area contributed by atoms with Gasteiger partial charge in [0.2, 0.25) is 5.91 Å². The van der Waals surface area contributed by atoms with E-state index in [0.29, 0.717) is 6.54 Å². The second kappa shape index (κ2) is 6.65. The van der Waals surface area contributed by atoms with Crippen molar-refractivity contribution in [2.75, 3.05) is 36.5 Å². The van der Waals surface area contributed by atoms with Gasteiger partial charge in [0, 0.05) is 70.1 Å². The van der Waals surface area contributed by atoms with Gasteiger partial charge in [0.1, 0.15) is 0 Å². The summed E-state index contributed by atoms with van der Waals surface area (Å²) < 4.78 is 1.82. The molecule has 2 aliphatic heterocycles. The highest BCUT2D eigenvalue weighted by Crippen LogP contribution is 2.41. The SMILES string of the molecule is CC(=O)N1CCc2[nH]nc(N3CCN(C)c4cc(-c5cnn(C)c5)ccc43)c2C1. The third-order valence-electron chi connectivity index (χ3n) is 5.99. The van der Waals surface area contributed by atoms with Crippen LogP contribution in [0.3, 0.4) is 0 Å². The molecule has 8 heteroatoms. The minimum Gasteiger partial charge on any atom is -0.371 e. The van der Waals surface area contributed by atoms with Crippen LogP contribution in [-0.4, -0.2) is 57.5 Å². The molecule has 150 valence electrons. The van der Waals surface area contributed by atoms with Crippen molar-refractivity contribution in [3.05, 3.63) is 41.9 Å². The van der Waals surface area contributed by atoms with E-state index in [1.54, 1.807) is 6.92 Å². The molecular weight excluding hydrogens is 366 g/mol. The summed E-state index contributed by atoms with van der Waals surface area (Å²) in [5, 5.41) is 12.2. The van der Waals surface area contributed by atoms with Gasteiger partial charge in [0.15, 0.2) is 5.82 Å². The number of likely N-dealkylation sites (N-methyl/N-ethyl adjacent to an activating group) is 1. The Bertz CT molecular complexity index is 1080. The first-order valence-corrected chi connectivity index (χ1v) is 9.94. The van der Waals surface area contributed by atoms with Crippen LogP contribution in [0.1, 0.15) is 18.2 Å². The minimum atomic E-state index is 0.114. The Hall–Kier alpha value is -3.29. The van der Waals surface area contributed by atoms with Gasteiger partial charge >= 0.3 is 0 Å². The van der Waals surface area contributed by atoms with E-state index in [1.807, 2.05) is 29.0 Å². The number of aryl methyl sites for hydroxylation is 1. The number of aromatic amines is 1. The molecular formula is C21H25N7O. The first kappa shape index (κ1) is 17.8. The molecule has 0 bridgehead atoms. The lowest BCUT2D eigenvalue weighted by Crippen LogP contribution is -2.38. The summed E-state index contributed by atoms with van der Waals surface area (Å²) in [5.41, 5.74) is 6.85. The highest BCUT2D eigenvalue weighted by atomic mass is 16.2. The Morgan fingerprint density at radius 2 is 1.97 bits per heavy atom. The Balaban J connectivity index is 1.54. The van der Waals surface area contributed by atoms with Crippen molar-refractivity contribution in [3.8, 4) is 11.1 Å². The lowest BCUT2D eigenvalue weighted by molar-refractivity contribution is -0.129. The zero-order valence-corrected chi connectivity index (χ0v) is 17.0. The largest absolute Gasteiger partial charge is 0.371 e. The predicted molar refractivity (Wildman–Crippen MR) is 112 cm³/mol. The number of nitrogens with one attached hydrogen (secondary N) is 1. The van der Waals surface area contributed by atoms with Crippen molar-refractivity contribution >= 4 is 23.1 Å². The number of fused-ring (bicyclic) bond motifs is 2. The normalized spacial score (nSPS) is 16.0. The second-order valence-electron chi connectivity index (χ2n) is 7.87. The number of benzene rings is 1. The maximum absolute atomic E-state index is 11.9. The lowest BCUT2D eigenvalue weighted by Gasteiger charge is -2.37. The fourth-order valence-electron chi connectivity index (χ4n) is 4.29. The van der Waals surface area contributed by atoms with Crippen molar-refractivity contribution in [1.29, 1.82) is 0 Å². The van der Waals surface area contributed by atoms with Crippen molar-refractivity contribution in [2.24, 2.45) is 7.05 Å². The summed E-state index contributed by atoms with van der Waals surface area (Å²) in [5.74, 6) is 1.05. The zero-order chi connectivity index (χ0) is 20.1. The maximum atomic E-state index is 11.9. The molecule has 0 saturated heterocycles. The fourth-order valence-corrected chi connectivity index (χ4v) is 4.29. The van der Waals surface area contributed by atoms with Gasteiger partial charge in [-0.25, -0.2) is 0 Å². The van der Waals surface area contributed by atoms with Crippen molar-refractivity contribution < 1.29 is 4.79 Å². The van der Waals surface area contributed by atoms with Crippen LogP contribution < -0.4 is 9.80 Å². The molecule has 0 radical (unpaired) electrons. The first-order valence-electron chi connectivity index (χ1n) is 9.94. The monoisotopic (exact) mass is 391 g/mol. The van der Waals surface area contributed by atoms with E-state index >= 15 is 0 Å². The topological polar surface area (TPSA) is 73.3 Å². The van der Waals surface area contributed by atoms with Gasteiger partial charge in [0.25, 0.3) is 0 Å². The fraction of sp³-hybridized carbons (Fsp3) is 0.381. The predicted octanol–water partition coefficient (Wildman–Crippen LogP) is 2.30. The van der Waals surface area contributed by atoms with Gasteiger partial charge in [-0.2, -0.15) is 10.2 Å². The molecule has 3 aromatic rings. The molecule has 1 amide bonds. The van der Waals surface area contributed by atoms with E-state index in [0.717, 1.165) is 59.9 Å². The van der Waals surface area contributed by atoms with Gasteiger partial charge in [-0.05, 0) is 17.7 Å². The van der Waals surface area contributed by atoms with Crippen LogP contribution in [0.5, 0.6) is 0 Å². The van der Waals surface area contributed by atoms with Crippen LogP contribution in [0.15, 0.2) is 30.6 Å². The number of aromatic nitrogens is 4. The van der Waals surface area contributed by atoms with E-state index in [1.165, 1.54) is 5.69 Å². The average Bonchev–Trinajstić information content (AvgIpc) is 3.34. The van der Waals surface area contributed by atoms with Gasteiger partial charge in [-0.3, -0.25) is 14.6 Å². The lowest BCUT2D eigenvalue weighted by atomic mass is 10.0. The molecule has 5 rings (SSSR count). The Morgan fingerprint density at radius 1 is 1.10 bits per heavy atom. The van der Waals surface area contributed by atoms with Gasteiger partial charge in [0.05, 0.1) is 24.1 Å². The first-order chi connectivity index (χ1) is 14.0. The molecule has 8 nitrogen and oxygen atoms in total. The van der Waals surface area contributed by atoms with E-state index in [4.69, 9.17) is 0 Å². The number of amides is 1. The molecule has 0 atom stereocenters. The highest BCUT2D eigenvalue weighted by Gasteiger charge is 2.30. The molecule has 0 unspecified atom stereocenters. The van der Waals surface area contributed by atoms with E-state index < -0.39 is 0 Å². The number of hydrogen-bond donors (Lipinski definition) is 1. The molecule has 0 aliphatic carbocycles. The second-order valence-corrected chi connectivity index (χ2v) is 7.87. The summed E-state index contributed by atoms with van der Waals surface area (Å²) in [6.45, 7) is 4.76. The smallest absolute Gasteiger partial charge is 0.219 e. The molecule has 1 N–H and O–H groups in total. The molecule has 0 spiro atoms. The summed E-state index contributed by atoms with van der Waals surface area (Å²) in [7, 11) is 4.06. The number of nitrogens with zero attached hydrogens (tertiary/aromatic N) is 6. The molecule has 0 fully saturated rings.